The molecule has 0 spiro atoms. The molecule has 196 valence electrons. The zero-order valence-corrected chi connectivity index (χ0v) is 20.9. The molecule has 2 aromatic rings. The van der Waals surface area contributed by atoms with Gasteiger partial charge in [-0.3, -0.25) is 14.9 Å². The Morgan fingerprint density at radius 1 is 1.16 bits per heavy atom. The Morgan fingerprint density at radius 3 is 2.57 bits per heavy atom. The van der Waals surface area contributed by atoms with Gasteiger partial charge in [-0.15, -0.1) is 0 Å². The van der Waals surface area contributed by atoms with Gasteiger partial charge in [-0.05, 0) is 63.5 Å². The van der Waals surface area contributed by atoms with Gasteiger partial charge in [0.25, 0.3) is 0 Å². The number of hydrogen-bond acceptors (Lipinski definition) is 8. The zero-order chi connectivity index (χ0) is 26.9. The number of nitrogens with one attached hydrogen (secondary N) is 2. The lowest BCUT2D eigenvalue weighted by Crippen LogP contribution is -2.61. The molecule has 0 saturated carbocycles. The van der Waals surface area contributed by atoms with E-state index in [2.05, 4.69) is 10.6 Å². The molecule has 11 nitrogen and oxygen atoms in total. The Bertz CT molecular complexity index is 1240. The molecule has 0 bridgehead atoms. The van der Waals surface area contributed by atoms with Crippen molar-refractivity contribution in [1.82, 2.24) is 4.90 Å². The fourth-order valence-electron chi connectivity index (χ4n) is 4.35. The normalized spacial score (nSPS) is 19.6. The molecule has 0 aliphatic carbocycles. The monoisotopic (exact) mass is 511 g/mol. The number of esters is 2. The van der Waals surface area contributed by atoms with Gasteiger partial charge in [0.1, 0.15) is 5.70 Å². The van der Waals surface area contributed by atoms with Crippen LogP contribution in [0.4, 0.5) is 16.4 Å². The molecule has 1 aromatic heterocycles. The number of aliphatic hydroxyl groups excluding tert-OH is 1. The molecule has 3 N–H and O–H groups in total. The van der Waals surface area contributed by atoms with Gasteiger partial charge in [-0.1, -0.05) is 12.1 Å². The number of carbonyl (C=O) groups is 4. The number of rotatable bonds is 7. The Balaban J connectivity index is 1.56. The minimum Gasteiger partial charge on any atom is -0.449 e. The van der Waals surface area contributed by atoms with Gasteiger partial charge in [-0.2, -0.15) is 0 Å². The summed E-state index contributed by atoms with van der Waals surface area (Å²) < 4.78 is 15.3. The summed E-state index contributed by atoms with van der Waals surface area (Å²) in [6, 6.07) is 9.06. The Kier molecular flexibility index (Phi) is 7.08. The largest absolute Gasteiger partial charge is 0.449 e. The molecule has 2 aliphatic rings. The van der Waals surface area contributed by atoms with E-state index < -0.39 is 48.2 Å². The minimum absolute atomic E-state index is 0.0240. The summed E-state index contributed by atoms with van der Waals surface area (Å²) in [4.78, 5) is 51.6. The predicted molar refractivity (Wildman–Crippen MR) is 132 cm³/mol. The van der Waals surface area contributed by atoms with E-state index in [9.17, 15) is 24.3 Å². The number of aliphatic hydroxyl groups is 1. The van der Waals surface area contributed by atoms with Crippen molar-refractivity contribution < 1.29 is 38.2 Å². The quantitative estimate of drug-likeness (QED) is 0.291. The molecule has 4 rings (SSSR count). The van der Waals surface area contributed by atoms with Gasteiger partial charge >= 0.3 is 18.0 Å². The maximum atomic E-state index is 13.1. The maximum absolute atomic E-state index is 13.1. The van der Waals surface area contributed by atoms with Crippen molar-refractivity contribution >= 4 is 41.0 Å². The van der Waals surface area contributed by atoms with E-state index >= 15 is 0 Å². The van der Waals surface area contributed by atoms with Crippen molar-refractivity contribution in [2.45, 2.75) is 46.3 Å². The second-order valence-electron chi connectivity index (χ2n) is 9.94. The first-order valence-electron chi connectivity index (χ1n) is 11.8. The standard InChI is InChI=1S/C26H29N3O8/c1-14(30)20-18-12-17(15-7-5-8-16(11-15)27-25(34)28-19-9-6-10-35-19)21(29(18)22(20)31)23(32)36-13-37-24(33)26(2,3)4/h5-11,14,18,20,30H,12-13H2,1-4H3,(H2,27,28,34)/t14-,18-,20-/m1/s1. The fraction of sp³-hybridized carbons (Fsp3) is 0.385. The molecule has 1 saturated heterocycles. The van der Waals surface area contributed by atoms with E-state index in [1.165, 1.54) is 18.1 Å². The van der Waals surface area contributed by atoms with Crippen molar-refractivity contribution in [3.63, 3.8) is 0 Å². The average Bonchev–Trinajstić information content (AvgIpc) is 3.44. The minimum atomic E-state index is -0.892. The topological polar surface area (TPSA) is 147 Å². The van der Waals surface area contributed by atoms with Crippen molar-refractivity contribution in [2.24, 2.45) is 11.3 Å². The summed E-state index contributed by atoms with van der Waals surface area (Å²) in [5.41, 5.74) is 0.790. The molecule has 0 unspecified atom stereocenters. The number of urea groups is 1. The van der Waals surface area contributed by atoms with Crippen LogP contribution < -0.4 is 10.6 Å². The first-order valence-corrected chi connectivity index (χ1v) is 11.8. The fourth-order valence-corrected chi connectivity index (χ4v) is 4.35. The number of benzene rings is 1. The summed E-state index contributed by atoms with van der Waals surface area (Å²) in [6.07, 6.45) is 0.838. The number of fused-ring (bicyclic) bond motifs is 1. The van der Waals surface area contributed by atoms with Crippen molar-refractivity contribution in [3.8, 4) is 0 Å². The van der Waals surface area contributed by atoms with Gasteiger partial charge in [0.2, 0.25) is 18.6 Å². The zero-order valence-electron chi connectivity index (χ0n) is 20.9. The highest BCUT2D eigenvalue weighted by Crippen LogP contribution is 2.47. The van der Waals surface area contributed by atoms with E-state index in [4.69, 9.17) is 13.9 Å². The highest BCUT2D eigenvalue weighted by Gasteiger charge is 2.57. The smallest absolute Gasteiger partial charge is 0.358 e. The Labute approximate surface area is 213 Å². The third-order valence-corrected chi connectivity index (χ3v) is 6.14. The lowest BCUT2D eigenvalue weighted by atomic mass is 9.82. The van der Waals surface area contributed by atoms with Crippen LogP contribution in [-0.2, 0) is 23.9 Å². The van der Waals surface area contributed by atoms with Crippen molar-refractivity contribution in [3.05, 3.63) is 53.9 Å². The summed E-state index contributed by atoms with van der Waals surface area (Å²) in [5.74, 6) is -2.14. The lowest BCUT2D eigenvalue weighted by molar-refractivity contribution is -0.175. The van der Waals surface area contributed by atoms with Crippen LogP contribution in [0.2, 0.25) is 0 Å². The lowest BCUT2D eigenvalue weighted by Gasteiger charge is -2.44. The molecule has 3 amide bonds. The number of hydrogen-bond donors (Lipinski definition) is 3. The predicted octanol–water partition coefficient (Wildman–Crippen LogP) is 3.34. The second kappa shape index (κ2) is 10.1. The van der Waals surface area contributed by atoms with Crippen LogP contribution in [0.3, 0.4) is 0 Å². The number of furan rings is 1. The van der Waals surface area contributed by atoms with E-state index in [0.717, 1.165) is 0 Å². The van der Waals surface area contributed by atoms with E-state index in [1.54, 1.807) is 57.2 Å². The first-order chi connectivity index (χ1) is 17.5. The van der Waals surface area contributed by atoms with Gasteiger partial charge in [0.05, 0.1) is 29.7 Å². The summed E-state index contributed by atoms with van der Waals surface area (Å²) in [6.45, 7) is 5.94. The average molecular weight is 512 g/mol. The summed E-state index contributed by atoms with van der Waals surface area (Å²) in [7, 11) is 0. The molecular weight excluding hydrogens is 482 g/mol. The van der Waals surface area contributed by atoms with Gasteiger partial charge in [0.15, 0.2) is 0 Å². The summed E-state index contributed by atoms with van der Waals surface area (Å²) in [5, 5.41) is 15.3. The number of nitrogens with zero attached hydrogens (tertiary/aromatic N) is 1. The van der Waals surface area contributed by atoms with Crippen LogP contribution >= 0.6 is 0 Å². The summed E-state index contributed by atoms with van der Waals surface area (Å²) >= 11 is 0. The molecule has 3 atom stereocenters. The SMILES string of the molecule is C[C@@H](O)[C@H]1C(=O)N2C(C(=O)OCOC(=O)C(C)(C)C)=C(c3cccc(NC(=O)Nc4ccco4)c3)C[C@H]12. The van der Waals surface area contributed by atoms with Crippen LogP contribution in [-0.4, -0.2) is 52.8 Å². The van der Waals surface area contributed by atoms with Gasteiger partial charge < -0.3 is 29.2 Å². The molecule has 1 aromatic carbocycles. The van der Waals surface area contributed by atoms with Gasteiger partial charge in [0, 0.05) is 11.8 Å². The van der Waals surface area contributed by atoms with Crippen LogP contribution in [0.5, 0.6) is 0 Å². The highest BCUT2D eigenvalue weighted by molar-refractivity contribution is 6.07. The maximum Gasteiger partial charge on any atom is 0.358 e. The third-order valence-electron chi connectivity index (χ3n) is 6.14. The van der Waals surface area contributed by atoms with Gasteiger partial charge in [-0.25, -0.2) is 9.59 Å². The highest BCUT2D eigenvalue weighted by atomic mass is 16.7. The molecule has 3 heterocycles. The van der Waals surface area contributed by atoms with E-state index in [1.807, 2.05) is 0 Å². The molecular formula is C26H29N3O8. The number of ether oxygens (including phenoxy) is 2. The third kappa shape index (κ3) is 5.36. The van der Waals surface area contributed by atoms with E-state index in [-0.39, 0.29) is 17.5 Å². The molecule has 0 radical (unpaired) electrons. The first kappa shape index (κ1) is 26.0. The number of carbonyl (C=O) groups excluding carboxylic acids is 4. The van der Waals surface area contributed by atoms with Crippen molar-refractivity contribution in [2.75, 3.05) is 17.4 Å². The van der Waals surface area contributed by atoms with E-state index in [0.29, 0.717) is 23.2 Å². The number of β-lactam (4-membered cyclic amide) rings is 1. The number of anilines is 2. The van der Waals surface area contributed by atoms with Crippen LogP contribution in [0, 0.1) is 11.3 Å². The molecule has 37 heavy (non-hydrogen) atoms. The van der Waals surface area contributed by atoms with Crippen LogP contribution in [0.25, 0.3) is 5.57 Å². The molecule has 2 aliphatic heterocycles. The second-order valence-corrected chi connectivity index (χ2v) is 9.94. The van der Waals surface area contributed by atoms with Crippen LogP contribution in [0.15, 0.2) is 52.8 Å². The Hall–Kier alpha value is -4.12. The molecule has 1 fully saturated rings. The number of amides is 3. The Morgan fingerprint density at radius 2 is 1.92 bits per heavy atom. The molecule has 11 heteroatoms. The van der Waals surface area contributed by atoms with Crippen LogP contribution in [0.1, 0.15) is 39.7 Å². The van der Waals surface area contributed by atoms with Crippen molar-refractivity contribution in [1.29, 1.82) is 0 Å².